The summed E-state index contributed by atoms with van der Waals surface area (Å²) in [6.45, 7) is 3.25. The minimum absolute atomic E-state index is 0.685. The number of fused-ring (bicyclic) bond motifs is 1. The molecule has 1 N–H and O–H groups in total. The minimum Gasteiger partial charge on any atom is -0.308 e. The summed E-state index contributed by atoms with van der Waals surface area (Å²) in [5.74, 6) is 0.914. The number of nitrogens with zero attached hydrogens (tertiary/aromatic N) is 1. The Morgan fingerprint density at radius 1 is 1.05 bits per heavy atom. The molecule has 0 saturated heterocycles. The molecule has 19 heavy (non-hydrogen) atoms. The number of aromatic nitrogens is 1. The van der Waals surface area contributed by atoms with Crippen molar-refractivity contribution in [2.45, 2.75) is 45.2 Å². The monoisotopic (exact) mass is 254 g/mol. The van der Waals surface area contributed by atoms with Crippen LogP contribution in [-0.4, -0.2) is 11.0 Å². The molecule has 1 saturated carbocycles. The van der Waals surface area contributed by atoms with Crippen molar-refractivity contribution in [3.8, 4) is 0 Å². The summed E-state index contributed by atoms with van der Waals surface area (Å²) < 4.78 is 0. The molecule has 0 amide bonds. The van der Waals surface area contributed by atoms with Gasteiger partial charge in [0.15, 0.2) is 0 Å². The van der Waals surface area contributed by atoms with E-state index in [1.54, 1.807) is 0 Å². The van der Waals surface area contributed by atoms with Gasteiger partial charge >= 0.3 is 0 Å². The van der Waals surface area contributed by atoms with Crippen LogP contribution in [0.25, 0.3) is 10.9 Å². The maximum Gasteiger partial charge on any atom is 0.0705 e. The molecule has 1 fully saturated rings. The lowest BCUT2D eigenvalue weighted by atomic mass is 9.87. The fourth-order valence-electron chi connectivity index (χ4n) is 2.92. The van der Waals surface area contributed by atoms with Crippen molar-refractivity contribution in [3.05, 3.63) is 42.1 Å². The number of hydrogen-bond donors (Lipinski definition) is 1. The van der Waals surface area contributed by atoms with Crippen molar-refractivity contribution in [2.24, 2.45) is 5.92 Å². The average molecular weight is 254 g/mol. The highest BCUT2D eigenvalue weighted by atomic mass is 14.9. The Morgan fingerprint density at radius 3 is 2.68 bits per heavy atom. The van der Waals surface area contributed by atoms with Crippen molar-refractivity contribution in [1.29, 1.82) is 0 Å². The molecule has 2 heteroatoms. The summed E-state index contributed by atoms with van der Waals surface area (Å²) in [5.41, 5.74) is 2.25. The summed E-state index contributed by atoms with van der Waals surface area (Å²) >= 11 is 0. The van der Waals surface area contributed by atoms with Crippen LogP contribution >= 0.6 is 0 Å². The SMILES string of the molecule is CC1CCC(NCc2ccc3ccccc3n2)CC1. The first-order chi connectivity index (χ1) is 9.31. The van der Waals surface area contributed by atoms with E-state index in [2.05, 4.69) is 48.6 Å². The van der Waals surface area contributed by atoms with Gasteiger partial charge in [0.05, 0.1) is 11.2 Å². The molecule has 0 radical (unpaired) electrons. The van der Waals surface area contributed by atoms with E-state index < -0.39 is 0 Å². The van der Waals surface area contributed by atoms with Crippen molar-refractivity contribution in [2.75, 3.05) is 0 Å². The zero-order valence-corrected chi connectivity index (χ0v) is 11.6. The van der Waals surface area contributed by atoms with Crippen LogP contribution in [-0.2, 0) is 6.54 Å². The van der Waals surface area contributed by atoms with Gasteiger partial charge in [0.1, 0.15) is 0 Å². The highest BCUT2D eigenvalue weighted by molar-refractivity contribution is 5.78. The van der Waals surface area contributed by atoms with Crippen LogP contribution in [0.5, 0.6) is 0 Å². The second-order valence-corrected chi connectivity index (χ2v) is 5.83. The van der Waals surface area contributed by atoms with Gasteiger partial charge in [-0.3, -0.25) is 4.98 Å². The molecule has 0 spiro atoms. The van der Waals surface area contributed by atoms with Gasteiger partial charge in [-0.15, -0.1) is 0 Å². The molecule has 1 aliphatic carbocycles. The molecule has 2 nitrogen and oxygen atoms in total. The second-order valence-electron chi connectivity index (χ2n) is 5.83. The van der Waals surface area contributed by atoms with E-state index in [0.29, 0.717) is 6.04 Å². The van der Waals surface area contributed by atoms with Crippen molar-refractivity contribution in [1.82, 2.24) is 10.3 Å². The molecule has 1 aliphatic rings. The Kier molecular flexibility index (Phi) is 3.79. The topological polar surface area (TPSA) is 24.9 Å². The van der Waals surface area contributed by atoms with Crippen LogP contribution in [0.3, 0.4) is 0 Å². The van der Waals surface area contributed by atoms with Crippen LogP contribution in [0.2, 0.25) is 0 Å². The Balaban J connectivity index is 1.62. The summed E-state index contributed by atoms with van der Waals surface area (Å²) in [4.78, 5) is 4.71. The van der Waals surface area contributed by atoms with E-state index in [1.165, 1.54) is 31.1 Å². The highest BCUT2D eigenvalue weighted by Crippen LogP contribution is 2.23. The molecule has 100 valence electrons. The van der Waals surface area contributed by atoms with Crippen LogP contribution < -0.4 is 5.32 Å². The smallest absolute Gasteiger partial charge is 0.0705 e. The molecule has 1 aromatic heterocycles. The van der Waals surface area contributed by atoms with Gasteiger partial charge in [0, 0.05) is 18.0 Å². The van der Waals surface area contributed by atoms with Crippen molar-refractivity contribution in [3.63, 3.8) is 0 Å². The summed E-state index contributed by atoms with van der Waals surface area (Å²) in [6, 6.07) is 13.3. The lowest BCUT2D eigenvalue weighted by molar-refractivity contribution is 0.306. The number of hydrogen-bond acceptors (Lipinski definition) is 2. The quantitative estimate of drug-likeness (QED) is 0.898. The third-order valence-corrected chi connectivity index (χ3v) is 4.24. The summed E-state index contributed by atoms with van der Waals surface area (Å²) in [6.07, 6.45) is 5.36. The Morgan fingerprint density at radius 2 is 1.84 bits per heavy atom. The molecule has 0 atom stereocenters. The number of pyridine rings is 1. The Bertz CT molecular complexity index is 542. The Hall–Kier alpha value is -1.41. The van der Waals surface area contributed by atoms with Gasteiger partial charge < -0.3 is 5.32 Å². The fraction of sp³-hybridized carbons (Fsp3) is 0.471. The van der Waals surface area contributed by atoms with E-state index in [9.17, 15) is 0 Å². The number of para-hydroxylation sites is 1. The zero-order valence-electron chi connectivity index (χ0n) is 11.6. The number of nitrogens with one attached hydrogen (secondary N) is 1. The van der Waals surface area contributed by atoms with Crippen LogP contribution in [0.4, 0.5) is 0 Å². The summed E-state index contributed by atoms with van der Waals surface area (Å²) in [7, 11) is 0. The first-order valence-corrected chi connectivity index (χ1v) is 7.39. The molecule has 0 unspecified atom stereocenters. The minimum atomic E-state index is 0.685. The summed E-state index contributed by atoms with van der Waals surface area (Å²) in [5, 5.41) is 4.88. The van der Waals surface area contributed by atoms with Gasteiger partial charge in [0.25, 0.3) is 0 Å². The normalized spacial score (nSPS) is 23.6. The maximum atomic E-state index is 4.71. The molecular weight excluding hydrogens is 232 g/mol. The number of rotatable bonds is 3. The highest BCUT2D eigenvalue weighted by Gasteiger charge is 2.17. The van der Waals surface area contributed by atoms with E-state index in [-0.39, 0.29) is 0 Å². The fourth-order valence-corrected chi connectivity index (χ4v) is 2.92. The third kappa shape index (κ3) is 3.13. The van der Waals surface area contributed by atoms with Gasteiger partial charge in [-0.2, -0.15) is 0 Å². The van der Waals surface area contributed by atoms with E-state index in [4.69, 9.17) is 4.98 Å². The van der Waals surface area contributed by atoms with E-state index >= 15 is 0 Å². The van der Waals surface area contributed by atoms with Crippen LogP contribution in [0.1, 0.15) is 38.3 Å². The third-order valence-electron chi connectivity index (χ3n) is 4.24. The molecular formula is C17H22N2. The van der Waals surface area contributed by atoms with Crippen molar-refractivity contribution < 1.29 is 0 Å². The molecule has 1 heterocycles. The maximum absolute atomic E-state index is 4.71. The standard InChI is InChI=1S/C17H22N2/c1-13-6-9-15(10-7-13)18-12-16-11-8-14-4-2-3-5-17(14)19-16/h2-5,8,11,13,15,18H,6-7,9-10,12H2,1H3. The lowest BCUT2D eigenvalue weighted by Crippen LogP contribution is -2.32. The van der Waals surface area contributed by atoms with Gasteiger partial charge in [-0.1, -0.05) is 31.2 Å². The largest absolute Gasteiger partial charge is 0.308 e. The second kappa shape index (κ2) is 5.70. The first-order valence-electron chi connectivity index (χ1n) is 7.39. The van der Waals surface area contributed by atoms with Crippen molar-refractivity contribution >= 4 is 10.9 Å². The first kappa shape index (κ1) is 12.6. The number of benzene rings is 1. The van der Waals surface area contributed by atoms with E-state index in [1.807, 2.05) is 0 Å². The molecule has 1 aromatic carbocycles. The van der Waals surface area contributed by atoms with E-state index in [0.717, 1.165) is 23.7 Å². The van der Waals surface area contributed by atoms with Gasteiger partial charge in [-0.05, 0) is 43.7 Å². The predicted octanol–water partition coefficient (Wildman–Crippen LogP) is 3.90. The molecule has 3 rings (SSSR count). The Labute approximate surface area is 115 Å². The van der Waals surface area contributed by atoms with Gasteiger partial charge in [-0.25, -0.2) is 0 Å². The predicted molar refractivity (Wildman–Crippen MR) is 80.0 cm³/mol. The lowest BCUT2D eigenvalue weighted by Gasteiger charge is -2.26. The molecule has 0 aliphatic heterocycles. The van der Waals surface area contributed by atoms with Crippen LogP contribution in [0.15, 0.2) is 36.4 Å². The molecule has 2 aromatic rings. The average Bonchev–Trinajstić information content (AvgIpc) is 2.46. The zero-order chi connectivity index (χ0) is 13.1. The van der Waals surface area contributed by atoms with Crippen LogP contribution in [0, 0.1) is 5.92 Å². The molecule has 0 bridgehead atoms. The van der Waals surface area contributed by atoms with Gasteiger partial charge in [0.2, 0.25) is 0 Å².